The van der Waals surface area contributed by atoms with Crippen molar-refractivity contribution in [3.63, 3.8) is 0 Å². The molecule has 3 aromatic rings. The number of hydrogen-bond donors (Lipinski definition) is 0. The molecule has 1 fully saturated rings. The molecule has 0 N–H and O–H groups in total. The first-order valence-corrected chi connectivity index (χ1v) is 16.5. The van der Waals surface area contributed by atoms with Crippen LogP contribution in [0.5, 0.6) is 0 Å². The second kappa shape index (κ2) is 10.9. The van der Waals surface area contributed by atoms with E-state index in [0.717, 1.165) is 16.7 Å². The van der Waals surface area contributed by atoms with Crippen molar-refractivity contribution in [1.29, 1.82) is 0 Å². The largest absolute Gasteiger partial charge is 0.359 e. The van der Waals surface area contributed by atoms with E-state index in [1.165, 1.54) is 4.90 Å². The van der Waals surface area contributed by atoms with Crippen LogP contribution in [0.15, 0.2) is 91.0 Å². The maximum atomic E-state index is 13.3. The number of carbonyl (C=O) groups excluding carboxylic acids is 2. The predicted molar refractivity (Wildman–Crippen MR) is 147 cm³/mol. The summed E-state index contributed by atoms with van der Waals surface area (Å²) in [6.45, 7) is 9.22. The molecule has 0 aliphatic carbocycles. The highest BCUT2D eigenvalue weighted by molar-refractivity contribution is 6.77. The summed E-state index contributed by atoms with van der Waals surface area (Å²) in [5.74, 6) is -0.146. The predicted octanol–water partition coefficient (Wildman–Crippen LogP) is 6.63. The molecule has 0 unspecified atom stereocenters. The van der Waals surface area contributed by atoms with Gasteiger partial charge < -0.3 is 4.74 Å². The van der Waals surface area contributed by atoms with E-state index in [0.29, 0.717) is 24.8 Å². The van der Waals surface area contributed by atoms with Gasteiger partial charge in [-0.3, -0.25) is 14.5 Å². The molecule has 1 aliphatic heterocycles. The molecule has 0 aromatic heterocycles. The smallest absolute Gasteiger partial charge is 0.229 e. The summed E-state index contributed by atoms with van der Waals surface area (Å²) >= 11 is 0. The number of rotatable bonds is 9. The molecule has 3 aromatic carbocycles. The first-order chi connectivity index (χ1) is 17.2. The van der Waals surface area contributed by atoms with Crippen LogP contribution in [0, 0.1) is 0 Å². The van der Waals surface area contributed by atoms with Crippen molar-refractivity contribution in [2.75, 3.05) is 6.61 Å². The van der Waals surface area contributed by atoms with Gasteiger partial charge in [-0.2, -0.15) is 0 Å². The summed E-state index contributed by atoms with van der Waals surface area (Å²) in [6.07, 6.45) is 1.43. The summed E-state index contributed by atoms with van der Waals surface area (Å²) in [5.41, 5.74) is 2.47. The molecule has 1 aliphatic rings. The van der Waals surface area contributed by atoms with Crippen molar-refractivity contribution in [1.82, 2.24) is 4.90 Å². The third-order valence-corrected chi connectivity index (χ3v) is 10.7. The number of carbonyl (C=O) groups is 2. The molecule has 2 atom stereocenters. The minimum atomic E-state index is -1.49. The molecule has 0 spiro atoms. The summed E-state index contributed by atoms with van der Waals surface area (Å²) in [5, 5.41) is 0. The van der Waals surface area contributed by atoms with E-state index < -0.39 is 13.7 Å². The Morgan fingerprint density at radius 3 is 1.75 bits per heavy atom. The second-order valence-electron chi connectivity index (χ2n) is 10.9. The van der Waals surface area contributed by atoms with E-state index in [-0.39, 0.29) is 24.5 Å². The molecule has 36 heavy (non-hydrogen) atoms. The van der Waals surface area contributed by atoms with Gasteiger partial charge in [-0.15, -0.1) is 0 Å². The van der Waals surface area contributed by atoms with E-state index in [1.54, 1.807) is 0 Å². The van der Waals surface area contributed by atoms with E-state index in [4.69, 9.17) is 4.74 Å². The van der Waals surface area contributed by atoms with Crippen LogP contribution in [0.2, 0.25) is 25.2 Å². The van der Waals surface area contributed by atoms with Crippen LogP contribution in [0.1, 0.15) is 42.9 Å². The third-order valence-electron chi connectivity index (χ3n) is 7.59. The Kier molecular flexibility index (Phi) is 7.91. The summed E-state index contributed by atoms with van der Waals surface area (Å²) in [7, 11) is -1.49. The topological polar surface area (TPSA) is 46.6 Å². The maximum Gasteiger partial charge on any atom is 0.229 e. The lowest BCUT2D eigenvalue weighted by Gasteiger charge is -2.37. The lowest BCUT2D eigenvalue weighted by atomic mass is 9.80. The monoisotopic (exact) mass is 499 g/mol. The number of hydrogen-bond acceptors (Lipinski definition) is 3. The van der Waals surface area contributed by atoms with Gasteiger partial charge >= 0.3 is 0 Å². The Bertz CT molecular complexity index is 1060. The third kappa shape index (κ3) is 5.37. The molecule has 1 heterocycles. The quantitative estimate of drug-likeness (QED) is 0.245. The highest BCUT2D eigenvalue weighted by atomic mass is 28.3. The van der Waals surface area contributed by atoms with Crippen LogP contribution in [0.3, 0.4) is 0 Å². The minimum absolute atomic E-state index is 0.0641. The van der Waals surface area contributed by atoms with Crippen LogP contribution in [0.4, 0.5) is 0 Å². The molecule has 0 radical (unpaired) electrons. The van der Waals surface area contributed by atoms with Crippen molar-refractivity contribution in [3.05, 3.63) is 108 Å². The number of benzene rings is 3. The van der Waals surface area contributed by atoms with Crippen molar-refractivity contribution in [2.24, 2.45) is 0 Å². The Labute approximate surface area is 216 Å². The highest BCUT2D eigenvalue weighted by Gasteiger charge is 2.42. The van der Waals surface area contributed by atoms with Crippen LogP contribution in [-0.2, 0) is 19.9 Å². The van der Waals surface area contributed by atoms with Crippen LogP contribution in [0.25, 0.3) is 0 Å². The van der Waals surface area contributed by atoms with Gasteiger partial charge in [0.05, 0.1) is 12.6 Å². The number of ether oxygens (including phenoxy) is 1. The molecule has 4 rings (SSSR count). The van der Waals surface area contributed by atoms with Crippen LogP contribution in [-0.4, -0.2) is 37.4 Å². The molecule has 2 amide bonds. The van der Waals surface area contributed by atoms with Crippen molar-refractivity contribution in [2.45, 2.75) is 63.0 Å². The molecule has 5 heteroatoms. The zero-order valence-electron chi connectivity index (χ0n) is 21.8. The number of likely N-dealkylation sites (tertiary alicyclic amines) is 1. The van der Waals surface area contributed by atoms with Gasteiger partial charge in [-0.05, 0) is 28.7 Å². The molecule has 0 saturated carbocycles. The van der Waals surface area contributed by atoms with E-state index in [2.05, 4.69) is 63.0 Å². The van der Waals surface area contributed by atoms with E-state index in [1.807, 2.05) is 54.6 Å². The van der Waals surface area contributed by atoms with Crippen LogP contribution < -0.4 is 0 Å². The zero-order chi connectivity index (χ0) is 25.8. The lowest BCUT2D eigenvalue weighted by molar-refractivity contribution is -0.146. The minimum Gasteiger partial charge on any atom is -0.359 e. The standard InChI is InChI=1S/C31H37NO3Si/c1-24(36(2,3)4)22-30(34)32-28(20-21-29(32)33)23-35-31(25-14-8-5-9-15-25,26-16-10-6-11-17-26)27-18-12-7-13-19-27/h5-19,24,28H,20-23H2,1-4H3/t24-,28+/m1/s1. The van der Waals surface area contributed by atoms with Gasteiger partial charge in [0.2, 0.25) is 11.8 Å². The Balaban J connectivity index is 1.69. The van der Waals surface area contributed by atoms with E-state index >= 15 is 0 Å². The SMILES string of the molecule is C[C@H](CC(=O)N1C(=O)CC[C@H]1COC(c1ccccc1)(c1ccccc1)c1ccccc1)[Si](C)(C)C. The van der Waals surface area contributed by atoms with E-state index in [9.17, 15) is 9.59 Å². The fourth-order valence-corrected chi connectivity index (χ4v) is 5.69. The number of amides is 2. The van der Waals surface area contributed by atoms with Gasteiger partial charge in [0.15, 0.2) is 0 Å². The van der Waals surface area contributed by atoms with Gasteiger partial charge in [0, 0.05) is 20.9 Å². The molecule has 1 saturated heterocycles. The normalized spacial score (nSPS) is 17.3. The first-order valence-electron chi connectivity index (χ1n) is 12.9. The molecule has 188 valence electrons. The Morgan fingerprint density at radius 2 is 1.33 bits per heavy atom. The van der Waals surface area contributed by atoms with Crippen molar-refractivity contribution >= 4 is 19.9 Å². The molecular weight excluding hydrogens is 462 g/mol. The molecular formula is C31H37NO3Si. The maximum absolute atomic E-state index is 13.3. The number of nitrogens with zero attached hydrogens (tertiary/aromatic N) is 1. The average molecular weight is 500 g/mol. The average Bonchev–Trinajstić information content (AvgIpc) is 3.26. The van der Waals surface area contributed by atoms with Gasteiger partial charge in [-0.1, -0.05) is 118 Å². The fraction of sp³-hybridized carbons (Fsp3) is 0.355. The Morgan fingerprint density at radius 1 is 0.889 bits per heavy atom. The lowest BCUT2D eigenvalue weighted by Crippen LogP contribution is -2.45. The van der Waals surface area contributed by atoms with Crippen molar-refractivity contribution < 1.29 is 14.3 Å². The summed E-state index contributed by atoms with van der Waals surface area (Å²) < 4.78 is 6.94. The fourth-order valence-electron chi connectivity index (χ4n) is 4.90. The van der Waals surface area contributed by atoms with Gasteiger partial charge in [0.1, 0.15) is 5.60 Å². The first kappa shape index (κ1) is 26.1. The second-order valence-corrected chi connectivity index (χ2v) is 16.6. The Hall–Kier alpha value is -3.02. The number of imide groups is 1. The van der Waals surface area contributed by atoms with Crippen LogP contribution >= 0.6 is 0 Å². The van der Waals surface area contributed by atoms with Gasteiger partial charge in [-0.25, -0.2) is 0 Å². The molecule has 4 nitrogen and oxygen atoms in total. The zero-order valence-corrected chi connectivity index (χ0v) is 22.8. The highest BCUT2D eigenvalue weighted by Crippen LogP contribution is 2.41. The molecule has 0 bridgehead atoms. The summed E-state index contributed by atoms with van der Waals surface area (Å²) in [4.78, 5) is 27.7. The summed E-state index contributed by atoms with van der Waals surface area (Å²) in [6, 6.07) is 30.3. The van der Waals surface area contributed by atoms with Gasteiger partial charge in [0.25, 0.3) is 0 Å². The van der Waals surface area contributed by atoms with Crippen molar-refractivity contribution in [3.8, 4) is 0 Å².